The third-order valence-corrected chi connectivity index (χ3v) is 4.78. The van der Waals surface area contributed by atoms with Crippen molar-refractivity contribution in [2.24, 2.45) is 0 Å². The summed E-state index contributed by atoms with van der Waals surface area (Å²) in [4.78, 5) is 12.3. The first-order chi connectivity index (χ1) is 12.1. The van der Waals surface area contributed by atoms with E-state index in [2.05, 4.69) is 63.3 Å². The van der Waals surface area contributed by atoms with E-state index in [1.54, 1.807) is 0 Å². The SMILES string of the molecule is Cc1cc(C)c(C)c(OCC(=O)NC(C)c2ccc(C(C)(C)C)cc2)c1. The number of carbonyl (C=O) groups is 1. The Morgan fingerprint density at radius 2 is 1.69 bits per heavy atom. The Morgan fingerprint density at radius 1 is 1.08 bits per heavy atom. The molecule has 0 heterocycles. The zero-order valence-electron chi connectivity index (χ0n) is 17.1. The van der Waals surface area contributed by atoms with Gasteiger partial charge in [0.1, 0.15) is 5.75 Å². The molecule has 3 heteroatoms. The molecule has 3 nitrogen and oxygen atoms in total. The van der Waals surface area contributed by atoms with Gasteiger partial charge in [0, 0.05) is 0 Å². The molecule has 140 valence electrons. The van der Waals surface area contributed by atoms with E-state index < -0.39 is 0 Å². The van der Waals surface area contributed by atoms with Crippen molar-refractivity contribution in [1.29, 1.82) is 0 Å². The van der Waals surface area contributed by atoms with Gasteiger partial charge in [0.15, 0.2) is 6.61 Å². The molecule has 0 saturated carbocycles. The number of nitrogens with one attached hydrogen (secondary N) is 1. The molecular weight excluding hydrogens is 322 g/mol. The lowest BCUT2D eigenvalue weighted by atomic mass is 9.86. The van der Waals surface area contributed by atoms with Crippen LogP contribution in [0.1, 0.15) is 61.6 Å². The minimum absolute atomic E-state index is 0.0220. The molecular formula is C23H31NO2. The van der Waals surface area contributed by atoms with Crippen LogP contribution in [-0.2, 0) is 10.2 Å². The Balaban J connectivity index is 1.95. The van der Waals surface area contributed by atoms with E-state index in [-0.39, 0.29) is 24.0 Å². The molecule has 0 saturated heterocycles. The number of ether oxygens (including phenoxy) is 1. The van der Waals surface area contributed by atoms with Gasteiger partial charge in [-0.2, -0.15) is 0 Å². The van der Waals surface area contributed by atoms with Crippen LogP contribution in [0.4, 0.5) is 0 Å². The van der Waals surface area contributed by atoms with Crippen LogP contribution in [0.15, 0.2) is 36.4 Å². The summed E-state index contributed by atoms with van der Waals surface area (Å²) < 4.78 is 5.75. The molecule has 1 unspecified atom stereocenters. The van der Waals surface area contributed by atoms with Crippen molar-refractivity contribution in [3.63, 3.8) is 0 Å². The molecule has 26 heavy (non-hydrogen) atoms. The highest BCUT2D eigenvalue weighted by Gasteiger charge is 2.15. The lowest BCUT2D eigenvalue weighted by Gasteiger charge is -2.21. The fourth-order valence-electron chi connectivity index (χ4n) is 2.93. The van der Waals surface area contributed by atoms with Crippen molar-refractivity contribution < 1.29 is 9.53 Å². The van der Waals surface area contributed by atoms with Gasteiger partial charge in [0.2, 0.25) is 0 Å². The minimum Gasteiger partial charge on any atom is -0.483 e. The predicted octanol–water partition coefficient (Wildman–Crippen LogP) is 5.17. The van der Waals surface area contributed by atoms with Crippen molar-refractivity contribution >= 4 is 5.91 Å². The number of carbonyl (C=O) groups excluding carboxylic acids is 1. The maximum atomic E-state index is 12.3. The quantitative estimate of drug-likeness (QED) is 0.806. The fourth-order valence-corrected chi connectivity index (χ4v) is 2.93. The zero-order valence-corrected chi connectivity index (χ0v) is 17.1. The molecule has 0 aromatic heterocycles. The summed E-state index contributed by atoms with van der Waals surface area (Å²) >= 11 is 0. The Kier molecular flexibility index (Phi) is 6.12. The van der Waals surface area contributed by atoms with E-state index in [0.717, 1.165) is 22.4 Å². The van der Waals surface area contributed by atoms with Crippen molar-refractivity contribution in [2.75, 3.05) is 6.61 Å². The first-order valence-electron chi connectivity index (χ1n) is 9.18. The topological polar surface area (TPSA) is 38.3 Å². The molecule has 0 aliphatic carbocycles. The molecule has 1 atom stereocenters. The van der Waals surface area contributed by atoms with Crippen LogP contribution in [0.25, 0.3) is 0 Å². The van der Waals surface area contributed by atoms with Gasteiger partial charge in [-0.15, -0.1) is 0 Å². The van der Waals surface area contributed by atoms with Gasteiger partial charge in [-0.05, 0) is 67.0 Å². The number of aryl methyl sites for hydroxylation is 2. The second-order valence-corrected chi connectivity index (χ2v) is 8.15. The van der Waals surface area contributed by atoms with Crippen LogP contribution < -0.4 is 10.1 Å². The summed E-state index contributed by atoms with van der Waals surface area (Å²) in [5.41, 5.74) is 5.89. The molecule has 0 fully saturated rings. The summed E-state index contributed by atoms with van der Waals surface area (Å²) in [7, 11) is 0. The molecule has 0 bridgehead atoms. The summed E-state index contributed by atoms with van der Waals surface area (Å²) in [6.07, 6.45) is 0. The lowest BCUT2D eigenvalue weighted by molar-refractivity contribution is -0.123. The van der Waals surface area contributed by atoms with E-state index in [0.29, 0.717) is 0 Å². The standard InChI is InChI=1S/C23H31NO2/c1-15-12-16(2)17(3)21(13-15)26-14-22(25)24-18(4)19-8-10-20(11-9-19)23(5,6)7/h8-13,18H,14H2,1-7H3,(H,24,25). The van der Waals surface area contributed by atoms with E-state index >= 15 is 0 Å². The number of benzene rings is 2. The second-order valence-electron chi connectivity index (χ2n) is 8.15. The molecule has 0 radical (unpaired) electrons. The van der Waals surface area contributed by atoms with Crippen molar-refractivity contribution in [1.82, 2.24) is 5.32 Å². The Hall–Kier alpha value is -2.29. The summed E-state index contributed by atoms with van der Waals surface area (Å²) in [5.74, 6) is 0.663. The molecule has 0 aliphatic rings. The van der Waals surface area contributed by atoms with Gasteiger partial charge in [-0.1, -0.05) is 51.1 Å². The maximum absolute atomic E-state index is 12.3. The fraction of sp³-hybridized carbons (Fsp3) is 0.435. The number of hydrogen-bond acceptors (Lipinski definition) is 2. The van der Waals surface area contributed by atoms with Gasteiger partial charge in [0.25, 0.3) is 5.91 Å². The zero-order chi connectivity index (χ0) is 19.5. The van der Waals surface area contributed by atoms with Gasteiger partial charge < -0.3 is 10.1 Å². The van der Waals surface area contributed by atoms with Crippen LogP contribution in [-0.4, -0.2) is 12.5 Å². The average molecular weight is 354 g/mol. The maximum Gasteiger partial charge on any atom is 0.258 e. The largest absolute Gasteiger partial charge is 0.483 e. The van der Waals surface area contributed by atoms with Gasteiger partial charge in [-0.25, -0.2) is 0 Å². The molecule has 0 aliphatic heterocycles. The van der Waals surface area contributed by atoms with E-state index in [4.69, 9.17) is 4.74 Å². The highest BCUT2D eigenvalue weighted by molar-refractivity contribution is 5.78. The van der Waals surface area contributed by atoms with Crippen LogP contribution in [0.3, 0.4) is 0 Å². The number of amides is 1. The smallest absolute Gasteiger partial charge is 0.258 e. The molecule has 2 aromatic rings. The van der Waals surface area contributed by atoms with Crippen molar-refractivity contribution in [3.05, 3.63) is 64.2 Å². The average Bonchev–Trinajstić information content (AvgIpc) is 2.56. The van der Waals surface area contributed by atoms with E-state index in [1.807, 2.05) is 26.8 Å². The summed E-state index contributed by atoms with van der Waals surface area (Å²) in [5, 5.41) is 3.01. The van der Waals surface area contributed by atoms with Gasteiger partial charge in [-0.3, -0.25) is 4.79 Å². The molecule has 2 aromatic carbocycles. The first-order valence-corrected chi connectivity index (χ1v) is 9.18. The molecule has 0 spiro atoms. The number of rotatable bonds is 5. The molecule has 2 rings (SSSR count). The normalized spacial score (nSPS) is 12.6. The van der Waals surface area contributed by atoms with Crippen LogP contribution in [0.5, 0.6) is 5.75 Å². The molecule has 1 amide bonds. The van der Waals surface area contributed by atoms with Crippen LogP contribution in [0, 0.1) is 20.8 Å². The van der Waals surface area contributed by atoms with Crippen molar-refractivity contribution in [3.8, 4) is 5.75 Å². The van der Waals surface area contributed by atoms with Crippen molar-refractivity contribution in [2.45, 2.75) is 59.9 Å². The van der Waals surface area contributed by atoms with E-state index in [1.165, 1.54) is 11.1 Å². The van der Waals surface area contributed by atoms with Crippen LogP contribution in [0.2, 0.25) is 0 Å². The van der Waals surface area contributed by atoms with E-state index in [9.17, 15) is 4.79 Å². The Labute approximate surface area is 157 Å². The summed E-state index contributed by atoms with van der Waals surface area (Å²) in [6.45, 7) is 14.7. The van der Waals surface area contributed by atoms with Crippen LogP contribution >= 0.6 is 0 Å². The monoisotopic (exact) mass is 353 g/mol. The van der Waals surface area contributed by atoms with Gasteiger partial charge in [0.05, 0.1) is 6.04 Å². The summed E-state index contributed by atoms with van der Waals surface area (Å²) in [6, 6.07) is 12.5. The lowest BCUT2D eigenvalue weighted by Crippen LogP contribution is -2.31. The Morgan fingerprint density at radius 3 is 2.27 bits per heavy atom. The first kappa shape index (κ1) is 20.0. The highest BCUT2D eigenvalue weighted by atomic mass is 16.5. The second kappa shape index (κ2) is 7.94. The minimum atomic E-state index is -0.115. The van der Waals surface area contributed by atoms with Gasteiger partial charge >= 0.3 is 0 Å². The highest BCUT2D eigenvalue weighted by Crippen LogP contribution is 2.25. The predicted molar refractivity (Wildman–Crippen MR) is 108 cm³/mol. The Bertz CT molecular complexity index is 770. The third kappa shape index (κ3) is 5.10. The number of hydrogen-bond donors (Lipinski definition) is 1. The third-order valence-electron chi connectivity index (χ3n) is 4.78. The molecule has 1 N–H and O–H groups in total.